The number of ether oxygens (including phenoxy) is 1. The van der Waals surface area contributed by atoms with Crippen LogP contribution in [0.5, 0.6) is 0 Å². The second-order valence-corrected chi connectivity index (χ2v) is 7.44. The average Bonchev–Trinajstić information content (AvgIpc) is 3.09. The summed E-state index contributed by atoms with van der Waals surface area (Å²) in [6, 6.07) is 2.26. The van der Waals surface area contributed by atoms with E-state index in [2.05, 4.69) is 32.7 Å². The minimum atomic E-state index is -0.579. The molecule has 1 saturated heterocycles. The highest BCUT2D eigenvalue weighted by molar-refractivity contribution is 9.10. The first-order valence-corrected chi connectivity index (χ1v) is 9.94. The van der Waals surface area contributed by atoms with Gasteiger partial charge in [0, 0.05) is 29.5 Å². The number of hydrogen-bond donors (Lipinski definition) is 0. The van der Waals surface area contributed by atoms with Crippen molar-refractivity contribution in [2.24, 2.45) is 0 Å². The fraction of sp³-hybridized carbons (Fsp3) is 0.526. The fourth-order valence-corrected chi connectivity index (χ4v) is 4.03. The molecule has 3 rings (SSSR count). The van der Waals surface area contributed by atoms with Crippen LogP contribution >= 0.6 is 15.9 Å². The Morgan fingerprint density at radius 2 is 2.23 bits per heavy atom. The summed E-state index contributed by atoms with van der Waals surface area (Å²) in [6.07, 6.45) is 6.66. The van der Waals surface area contributed by atoms with Crippen molar-refractivity contribution in [1.29, 1.82) is 0 Å². The molecule has 1 unspecified atom stereocenters. The third-order valence-corrected chi connectivity index (χ3v) is 5.42. The molecule has 0 radical (unpaired) electrons. The van der Waals surface area contributed by atoms with Crippen molar-refractivity contribution >= 4 is 32.9 Å². The Bertz CT molecular complexity index is 865. The quantitative estimate of drug-likeness (QED) is 0.669. The van der Waals surface area contributed by atoms with Crippen molar-refractivity contribution in [3.63, 3.8) is 0 Å². The lowest BCUT2D eigenvalue weighted by Gasteiger charge is -2.23. The maximum absolute atomic E-state index is 12.7. The number of fused-ring (bicyclic) bond motifs is 1. The van der Waals surface area contributed by atoms with E-state index in [0.29, 0.717) is 28.1 Å². The lowest BCUT2D eigenvalue weighted by atomic mass is 10.1. The van der Waals surface area contributed by atoms with Gasteiger partial charge in [-0.05, 0) is 61.3 Å². The molecule has 0 aromatic carbocycles. The van der Waals surface area contributed by atoms with Gasteiger partial charge in [-0.2, -0.15) is 0 Å². The fourth-order valence-electron chi connectivity index (χ4n) is 3.70. The molecule has 1 aliphatic rings. The molecule has 2 aromatic heterocycles. The van der Waals surface area contributed by atoms with Crippen LogP contribution in [0.4, 0.5) is 0 Å². The number of halogens is 1. The van der Waals surface area contributed by atoms with Gasteiger partial charge in [-0.25, -0.2) is 9.78 Å². The van der Waals surface area contributed by atoms with Gasteiger partial charge in [0.1, 0.15) is 11.2 Å². The molecule has 0 saturated carbocycles. The number of pyridine rings is 2. The Kier molecular flexibility index (Phi) is 6.09. The first-order valence-electron chi connectivity index (χ1n) is 9.15. The van der Waals surface area contributed by atoms with Crippen molar-refractivity contribution in [1.82, 2.24) is 14.5 Å². The molecule has 1 fully saturated rings. The number of rotatable bonds is 6. The number of carbonyl (C=O) groups is 1. The topological polar surface area (TPSA) is 64.4 Å². The molecule has 0 bridgehead atoms. The first-order chi connectivity index (χ1) is 12.5. The third-order valence-electron chi connectivity index (χ3n) is 4.98. The van der Waals surface area contributed by atoms with Crippen LogP contribution in [0.15, 0.2) is 27.7 Å². The number of carbonyl (C=O) groups excluding carboxylic acids is 1. The Morgan fingerprint density at radius 3 is 2.96 bits per heavy atom. The van der Waals surface area contributed by atoms with Gasteiger partial charge in [0.25, 0.3) is 0 Å². The van der Waals surface area contributed by atoms with E-state index in [1.165, 1.54) is 12.8 Å². The van der Waals surface area contributed by atoms with Crippen molar-refractivity contribution in [2.45, 2.75) is 45.7 Å². The number of esters is 1. The number of hydrogen-bond acceptors (Lipinski definition) is 5. The van der Waals surface area contributed by atoms with Gasteiger partial charge in [0.05, 0.1) is 12.0 Å². The zero-order chi connectivity index (χ0) is 18.7. The van der Waals surface area contributed by atoms with E-state index in [0.717, 1.165) is 19.5 Å². The molecule has 2 aromatic rings. The number of aromatic nitrogens is 2. The lowest BCUT2D eigenvalue weighted by Crippen LogP contribution is -2.30. The summed E-state index contributed by atoms with van der Waals surface area (Å²) >= 11 is 3.36. The molecule has 0 amide bonds. The largest absolute Gasteiger partial charge is 0.462 e. The molecular weight excluding hydrogens is 398 g/mol. The average molecular weight is 422 g/mol. The summed E-state index contributed by atoms with van der Waals surface area (Å²) in [4.78, 5) is 31.9. The molecule has 26 heavy (non-hydrogen) atoms. The van der Waals surface area contributed by atoms with E-state index in [-0.39, 0.29) is 17.6 Å². The molecule has 3 heterocycles. The van der Waals surface area contributed by atoms with Gasteiger partial charge < -0.3 is 14.2 Å². The van der Waals surface area contributed by atoms with Crippen LogP contribution in [-0.2, 0) is 11.3 Å². The first kappa shape index (κ1) is 19.0. The summed E-state index contributed by atoms with van der Waals surface area (Å²) < 4.78 is 7.69. The molecule has 1 aliphatic heterocycles. The van der Waals surface area contributed by atoms with E-state index in [4.69, 9.17) is 4.74 Å². The second-order valence-electron chi connectivity index (χ2n) is 6.52. The van der Waals surface area contributed by atoms with Crippen LogP contribution in [0.3, 0.4) is 0 Å². The van der Waals surface area contributed by atoms with Crippen LogP contribution in [0, 0.1) is 0 Å². The van der Waals surface area contributed by atoms with Crippen LogP contribution in [0.1, 0.15) is 43.5 Å². The van der Waals surface area contributed by atoms with Crippen LogP contribution < -0.4 is 5.43 Å². The van der Waals surface area contributed by atoms with Crippen LogP contribution in [0.25, 0.3) is 11.0 Å². The summed E-state index contributed by atoms with van der Waals surface area (Å²) in [5.74, 6) is -0.579. The van der Waals surface area contributed by atoms with Crippen molar-refractivity contribution in [3.8, 4) is 0 Å². The van der Waals surface area contributed by atoms with E-state index in [1.807, 2.05) is 4.57 Å². The van der Waals surface area contributed by atoms with Gasteiger partial charge in [-0.15, -0.1) is 0 Å². The molecular formula is C19H24BrN3O3. The van der Waals surface area contributed by atoms with Crippen molar-refractivity contribution in [3.05, 3.63) is 38.7 Å². The Hall–Kier alpha value is -1.73. The second kappa shape index (κ2) is 8.31. The van der Waals surface area contributed by atoms with E-state index in [1.54, 1.807) is 25.4 Å². The molecule has 0 spiro atoms. The van der Waals surface area contributed by atoms with Crippen molar-refractivity contribution < 1.29 is 9.53 Å². The van der Waals surface area contributed by atoms with Crippen LogP contribution in [0.2, 0.25) is 0 Å². The predicted molar refractivity (Wildman–Crippen MR) is 105 cm³/mol. The van der Waals surface area contributed by atoms with Gasteiger partial charge in [-0.3, -0.25) is 4.79 Å². The van der Waals surface area contributed by atoms with E-state index >= 15 is 0 Å². The third kappa shape index (κ3) is 3.83. The normalized spacial score (nSPS) is 17.7. The standard InChI is InChI=1S/C19H24BrN3O3/c1-3-22-8-5-6-14(22)7-9-23-12-16(19(25)26-4-2)17(24)15-10-13(20)11-21-18(15)23/h10-12,14H,3-9H2,1-2H3. The van der Waals surface area contributed by atoms with Gasteiger partial charge >= 0.3 is 5.97 Å². The minimum absolute atomic E-state index is 0.0676. The maximum Gasteiger partial charge on any atom is 0.343 e. The van der Waals surface area contributed by atoms with Gasteiger partial charge in [0.15, 0.2) is 0 Å². The summed E-state index contributed by atoms with van der Waals surface area (Å²) in [5.41, 5.74) is 0.338. The highest BCUT2D eigenvalue weighted by Gasteiger charge is 2.23. The highest BCUT2D eigenvalue weighted by Crippen LogP contribution is 2.22. The number of likely N-dealkylation sites (tertiary alicyclic amines) is 1. The number of nitrogens with zero attached hydrogens (tertiary/aromatic N) is 3. The van der Waals surface area contributed by atoms with Crippen LogP contribution in [-0.4, -0.2) is 46.2 Å². The SMILES string of the molecule is CCOC(=O)c1cn(CCC2CCCN2CC)c2ncc(Br)cc2c1=O. The van der Waals surface area contributed by atoms with Crippen molar-refractivity contribution in [2.75, 3.05) is 19.7 Å². The monoisotopic (exact) mass is 421 g/mol. The lowest BCUT2D eigenvalue weighted by molar-refractivity contribution is 0.0524. The zero-order valence-corrected chi connectivity index (χ0v) is 16.8. The molecule has 6 nitrogen and oxygen atoms in total. The maximum atomic E-state index is 12.7. The van der Waals surface area contributed by atoms with E-state index in [9.17, 15) is 9.59 Å². The van der Waals surface area contributed by atoms with Gasteiger partial charge in [0.2, 0.25) is 5.43 Å². The smallest absolute Gasteiger partial charge is 0.343 e. The zero-order valence-electron chi connectivity index (χ0n) is 15.2. The summed E-state index contributed by atoms with van der Waals surface area (Å²) in [5, 5.41) is 0.434. The molecule has 0 N–H and O–H groups in total. The Labute approximate surface area is 161 Å². The minimum Gasteiger partial charge on any atom is -0.462 e. The molecule has 140 valence electrons. The molecule has 7 heteroatoms. The predicted octanol–water partition coefficient (Wildman–Crippen LogP) is 3.21. The molecule has 1 atom stereocenters. The number of aryl methyl sites for hydroxylation is 1. The highest BCUT2D eigenvalue weighted by atomic mass is 79.9. The molecule has 0 aliphatic carbocycles. The summed E-state index contributed by atoms with van der Waals surface area (Å²) in [6.45, 7) is 7.06. The van der Waals surface area contributed by atoms with Gasteiger partial charge in [-0.1, -0.05) is 6.92 Å². The Balaban J connectivity index is 1.98. The Morgan fingerprint density at radius 1 is 1.42 bits per heavy atom. The van der Waals surface area contributed by atoms with E-state index < -0.39 is 5.97 Å². The summed E-state index contributed by atoms with van der Waals surface area (Å²) in [7, 11) is 0.